The first kappa shape index (κ1) is 16.9. The molecule has 1 aliphatic rings. The van der Waals surface area contributed by atoms with Gasteiger partial charge in [0.1, 0.15) is 5.75 Å². The third kappa shape index (κ3) is 3.53. The lowest BCUT2D eigenvalue weighted by Gasteiger charge is -2.33. The number of fused-ring (bicyclic) bond motifs is 1. The van der Waals surface area contributed by atoms with Crippen LogP contribution in [0.3, 0.4) is 0 Å². The topological polar surface area (TPSA) is 58.2 Å². The van der Waals surface area contributed by atoms with E-state index in [1.165, 1.54) is 0 Å². The molecule has 1 saturated heterocycles. The second-order valence-electron chi connectivity index (χ2n) is 6.60. The largest absolute Gasteiger partial charge is 0.492 e. The van der Waals surface area contributed by atoms with Crippen molar-refractivity contribution in [2.45, 2.75) is 12.8 Å². The lowest BCUT2D eigenvalue weighted by molar-refractivity contribution is 0.228. The highest BCUT2D eigenvalue weighted by atomic mass is 35.5. The van der Waals surface area contributed by atoms with Crippen LogP contribution in [0.25, 0.3) is 10.9 Å². The molecule has 0 aliphatic carbocycles. The zero-order valence-electron chi connectivity index (χ0n) is 14.3. The first-order valence-electron chi connectivity index (χ1n) is 8.82. The summed E-state index contributed by atoms with van der Waals surface area (Å²) in [7, 11) is 0. The van der Waals surface area contributed by atoms with E-state index in [9.17, 15) is 4.79 Å². The molecule has 1 N–H and O–H groups in total. The molecule has 0 saturated carbocycles. The van der Waals surface area contributed by atoms with E-state index in [4.69, 9.17) is 16.3 Å². The van der Waals surface area contributed by atoms with Crippen molar-refractivity contribution in [2.75, 3.05) is 24.6 Å². The van der Waals surface area contributed by atoms with Gasteiger partial charge in [-0.1, -0.05) is 35.9 Å². The van der Waals surface area contributed by atoms with E-state index in [0.717, 1.165) is 31.4 Å². The maximum atomic E-state index is 12.3. The number of aromatic amines is 1. The van der Waals surface area contributed by atoms with Gasteiger partial charge in [-0.15, -0.1) is 0 Å². The Bertz CT molecular complexity index is 972. The lowest BCUT2D eigenvalue weighted by atomic mass is 9.99. The Morgan fingerprint density at radius 1 is 1.19 bits per heavy atom. The molecule has 0 bridgehead atoms. The number of para-hydroxylation sites is 2. The fraction of sp³-hybridized carbons (Fsp3) is 0.300. The standard InChI is InChI=1S/C20H20ClN3O2/c21-16-8-2-4-10-18(16)26-13-14-6-5-11-24(12-14)20-22-17-9-3-1-7-15(17)19(25)23-20/h1-4,7-10,14H,5-6,11-13H2,(H,22,23,25). The molecule has 1 fully saturated rings. The fourth-order valence-electron chi connectivity index (χ4n) is 3.39. The number of nitrogens with zero attached hydrogens (tertiary/aromatic N) is 2. The molecule has 4 rings (SSSR count). The van der Waals surface area contributed by atoms with E-state index in [1.54, 1.807) is 6.07 Å². The Balaban J connectivity index is 1.48. The van der Waals surface area contributed by atoms with E-state index in [0.29, 0.717) is 34.6 Å². The minimum atomic E-state index is -0.0972. The predicted molar refractivity (Wildman–Crippen MR) is 104 cm³/mol. The number of piperidine rings is 1. The normalized spacial score (nSPS) is 17.4. The fourth-order valence-corrected chi connectivity index (χ4v) is 3.58. The van der Waals surface area contributed by atoms with Gasteiger partial charge in [0.15, 0.2) is 0 Å². The monoisotopic (exact) mass is 369 g/mol. The maximum Gasteiger partial charge on any atom is 0.260 e. The highest BCUT2D eigenvalue weighted by molar-refractivity contribution is 6.32. The lowest BCUT2D eigenvalue weighted by Crippen LogP contribution is -2.39. The summed E-state index contributed by atoms with van der Waals surface area (Å²) in [6.45, 7) is 2.27. The van der Waals surface area contributed by atoms with Crippen molar-refractivity contribution in [1.29, 1.82) is 0 Å². The average molecular weight is 370 g/mol. The van der Waals surface area contributed by atoms with Crippen LogP contribution < -0.4 is 15.2 Å². The zero-order chi connectivity index (χ0) is 17.9. The van der Waals surface area contributed by atoms with E-state index < -0.39 is 0 Å². The van der Waals surface area contributed by atoms with Gasteiger partial charge in [0.2, 0.25) is 5.95 Å². The molecule has 1 unspecified atom stereocenters. The number of benzene rings is 2. The maximum absolute atomic E-state index is 12.3. The average Bonchev–Trinajstić information content (AvgIpc) is 2.68. The summed E-state index contributed by atoms with van der Waals surface area (Å²) in [5.74, 6) is 1.71. The van der Waals surface area contributed by atoms with E-state index in [2.05, 4.69) is 14.9 Å². The van der Waals surface area contributed by atoms with Crippen LogP contribution in [0, 0.1) is 5.92 Å². The number of H-pyrrole nitrogens is 1. The highest BCUT2D eigenvalue weighted by Crippen LogP contribution is 2.26. The first-order chi connectivity index (χ1) is 12.7. The van der Waals surface area contributed by atoms with Gasteiger partial charge in [-0.25, -0.2) is 4.98 Å². The SMILES string of the molecule is O=c1[nH]c(N2CCCC(COc3ccccc3Cl)C2)nc2ccccc12. The van der Waals surface area contributed by atoms with Crippen molar-refractivity contribution >= 4 is 28.5 Å². The summed E-state index contributed by atoms with van der Waals surface area (Å²) in [5, 5.41) is 1.24. The molecular formula is C20H20ClN3O2. The second-order valence-corrected chi connectivity index (χ2v) is 7.01. The number of nitrogens with one attached hydrogen (secondary N) is 1. The predicted octanol–water partition coefficient (Wildman–Crippen LogP) is 3.87. The zero-order valence-corrected chi connectivity index (χ0v) is 15.1. The molecule has 0 radical (unpaired) electrons. The van der Waals surface area contributed by atoms with Crippen LogP contribution in [0.5, 0.6) is 5.75 Å². The van der Waals surface area contributed by atoms with Crippen LogP contribution in [-0.2, 0) is 0 Å². The number of anilines is 1. The minimum Gasteiger partial charge on any atom is -0.492 e. The van der Waals surface area contributed by atoms with Crippen LogP contribution in [-0.4, -0.2) is 29.7 Å². The van der Waals surface area contributed by atoms with Crippen molar-refractivity contribution in [3.8, 4) is 5.75 Å². The molecule has 1 aromatic heterocycles. The van der Waals surface area contributed by atoms with Crippen LogP contribution in [0.1, 0.15) is 12.8 Å². The number of hydrogen-bond donors (Lipinski definition) is 1. The molecular weight excluding hydrogens is 350 g/mol. The van der Waals surface area contributed by atoms with Crippen molar-refractivity contribution in [2.24, 2.45) is 5.92 Å². The van der Waals surface area contributed by atoms with Crippen LogP contribution in [0.2, 0.25) is 5.02 Å². The van der Waals surface area contributed by atoms with E-state index in [-0.39, 0.29) is 5.56 Å². The number of aromatic nitrogens is 2. The van der Waals surface area contributed by atoms with Crippen molar-refractivity contribution in [3.05, 3.63) is 63.9 Å². The van der Waals surface area contributed by atoms with E-state index in [1.807, 2.05) is 42.5 Å². The van der Waals surface area contributed by atoms with Gasteiger partial charge in [0.05, 0.1) is 22.5 Å². The van der Waals surface area contributed by atoms with Crippen LogP contribution in [0.15, 0.2) is 53.3 Å². The van der Waals surface area contributed by atoms with Crippen molar-refractivity contribution in [3.63, 3.8) is 0 Å². The molecule has 2 heterocycles. The molecule has 6 heteroatoms. The summed E-state index contributed by atoms with van der Waals surface area (Å²) >= 11 is 6.15. The first-order valence-corrected chi connectivity index (χ1v) is 9.20. The summed E-state index contributed by atoms with van der Waals surface area (Å²) in [4.78, 5) is 22.0. The van der Waals surface area contributed by atoms with Crippen LogP contribution in [0.4, 0.5) is 5.95 Å². The van der Waals surface area contributed by atoms with Crippen LogP contribution >= 0.6 is 11.6 Å². The number of rotatable bonds is 4. The number of halogens is 1. The van der Waals surface area contributed by atoms with Gasteiger partial charge in [0.25, 0.3) is 5.56 Å². The third-order valence-corrected chi connectivity index (χ3v) is 5.04. The van der Waals surface area contributed by atoms with Gasteiger partial charge >= 0.3 is 0 Å². The molecule has 3 aromatic rings. The summed E-state index contributed by atoms with van der Waals surface area (Å²) in [6.07, 6.45) is 2.12. The molecule has 2 aromatic carbocycles. The summed E-state index contributed by atoms with van der Waals surface area (Å²) in [5.41, 5.74) is 0.626. The van der Waals surface area contributed by atoms with Gasteiger partial charge < -0.3 is 9.64 Å². The Morgan fingerprint density at radius 3 is 2.88 bits per heavy atom. The second kappa shape index (κ2) is 7.38. The smallest absolute Gasteiger partial charge is 0.260 e. The molecule has 1 atom stereocenters. The van der Waals surface area contributed by atoms with Gasteiger partial charge in [-0.05, 0) is 37.1 Å². The van der Waals surface area contributed by atoms with Gasteiger partial charge in [-0.3, -0.25) is 9.78 Å². The summed E-state index contributed by atoms with van der Waals surface area (Å²) in [6, 6.07) is 14.9. The Morgan fingerprint density at radius 2 is 2.00 bits per heavy atom. The summed E-state index contributed by atoms with van der Waals surface area (Å²) < 4.78 is 5.90. The molecule has 0 amide bonds. The van der Waals surface area contributed by atoms with Crippen molar-refractivity contribution < 1.29 is 4.74 Å². The van der Waals surface area contributed by atoms with Gasteiger partial charge in [0, 0.05) is 19.0 Å². The Kier molecular flexibility index (Phi) is 4.80. The Hall–Kier alpha value is -2.53. The highest BCUT2D eigenvalue weighted by Gasteiger charge is 2.23. The number of hydrogen-bond acceptors (Lipinski definition) is 4. The molecule has 5 nitrogen and oxygen atoms in total. The quantitative estimate of drug-likeness (QED) is 0.758. The minimum absolute atomic E-state index is 0.0972. The molecule has 26 heavy (non-hydrogen) atoms. The van der Waals surface area contributed by atoms with Gasteiger partial charge in [-0.2, -0.15) is 0 Å². The number of ether oxygens (including phenoxy) is 1. The third-order valence-electron chi connectivity index (χ3n) is 4.73. The van der Waals surface area contributed by atoms with E-state index >= 15 is 0 Å². The molecule has 1 aliphatic heterocycles. The molecule has 0 spiro atoms. The van der Waals surface area contributed by atoms with Crippen molar-refractivity contribution in [1.82, 2.24) is 9.97 Å². The molecule has 134 valence electrons. The Labute approximate surface area is 156 Å².